The summed E-state index contributed by atoms with van der Waals surface area (Å²) >= 11 is 0. The third kappa shape index (κ3) is 7.36. The highest BCUT2D eigenvalue weighted by molar-refractivity contribution is 5.85. The lowest BCUT2D eigenvalue weighted by atomic mass is 9.91. The number of ether oxygens (including phenoxy) is 1. The van der Waals surface area contributed by atoms with Crippen LogP contribution in [0.15, 0.2) is 0 Å². The van der Waals surface area contributed by atoms with Crippen LogP contribution >= 0.6 is 24.8 Å². The van der Waals surface area contributed by atoms with E-state index in [0.717, 1.165) is 19.4 Å². The molecule has 1 aliphatic rings. The second-order valence-corrected chi connectivity index (χ2v) is 4.13. The summed E-state index contributed by atoms with van der Waals surface area (Å²) in [6.07, 6.45) is 4.76. The first kappa shape index (κ1) is 17.8. The van der Waals surface area contributed by atoms with E-state index >= 15 is 0 Å². The molecule has 3 N–H and O–H groups in total. The summed E-state index contributed by atoms with van der Waals surface area (Å²) in [6, 6.07) is 1.56. The Morgan fingerprint density at radius 3 is 2.27 bits per heavy atom. The molecule has 0 spiro atoms. The zero-order valence-electron chi connectivity index (χ0n) is 9.57. The van der Waals surface area contributed by atoms with Crippen LogP contribution in [0.3, 0.4) is 0 Å². The third-order valence-electron chi connectivity index (χ3n) is 2.71. The number of rotatable bonds is 4. The molecule has 1 atom stereocenters. The number of nitrogens with two attached hydrogens (primary N) is 1. The molecule has 15 heavy (non-hydrogen) atoms. The van der Waals surface area contributed by atoms with E-state index in [4.69, 9.17) is 10.5 Å². The van der Waals surface area contributed by atoms with Gasteiger partial charge in [-0.2, -0.15) is 0 Å². The molecule has 0 aromatic heterocycles. The van der Waals surface area contributed by atoms with Gasteiger partial charge in [0.2, 0.25) is 0 Å². The summed E-state index contributed by atoms with van der Waals surface area (Å²) < 4.78 is 5.08. The standard InChI is InChI=1S/C10H22N2O.2ClH/c1-8(7-13-2)12-10-5-3-9(11)4-6-10;;/h8-10,12H,3-7,11H2,1-2H3;2*1H/t8-,9?,10?;;/m1../s1. The van der Waals surface area contributed by atoms with Gasteiger partial charge >= 0.3 is 0 Å². The molecule has 0 amide bonds. The number of hydrogen-bond donors (Lipinski definition) is 2. The minimum absolute atomic E-state index is 0. The van der Waals surface area contributed by atoms with Crippen LogP contribution in [0, 0.1) is 0 Å². The van der Waals surface area contributed by atoms with Gasteiger partial charge in [-0.15, -0.1) is 24.8 Å². The third-order valence-corrected chi connectivity index (χ3v) is 2.71. The van der Waals surface area contributed by atoms with Gasteiger partial charge in [-0.3, -0.25) is 0 Å². The Balaban J connectivity index is 0. The Morgan fingerprint density at radius 1 is 1.27 bits per heavy atom. The van der Waals surface area contributed by atoms with Crippen LogP contribution in [-0.2, 0) is 4.74 Å². The van der Waals surface area contributed by atoms with Crippen LogP contribution < -0.4 is 11.1 Å². The normalized spacial score (nSPS) is 27.4. The molecule has 1 aliphatic carbocycles. The summed E-state index contributed by atoms with van der Waals surface area (Å²) in [7, 11) is 1.75. The van der Waals surface area contributed by atoms with Crippen molar-refractivity contribution in [1.82, 2.24) is 5.32 Å². The van der Waals surface area contributed by atoms with Crippen molar-refractivity contribution in [2.45, 2.75) is 50.7 Å². The first-order chi connectivity index (χ1) is 6.22. The van der Waals surface area contributed by atoms with Crippen LogP contribution in [0.1, 0.15) is 32.6 Å². The van der Waals surface area contributed by atoms with Crippen LogP contribution in [0.25, 0.3) is 0 Å². The fourth-order valence-electron chi connectivity index (χ4n) is 1.99. The number of nitrogens with one attached hydrogen (secondary N) is 1. The molecule has 1 saturated carbocycles. The molecule has 0 unspecified atom stereocenters. The SMILES string of the molecule is COC[C@@H](C)NC1CCC(N)CC1.Cl.Cl. The molecule has 0 aromatic carbocycles. The van der Waals surface area contributed by atoms with Crippen LogP contribution in [0.5, 0.6) is 0 Å². The molecule has 1 fully saturated rings. The molecule has 0 bridgehead atoms. The van der Waals surface area contributed by atoms with Gasteiger partial charge in [-0.1, -0.05) is 0 Å². The second-order valence-electron chi connectivity index (χ2n) is 4.13. The van der Waals surface area contributed by atoms with E-state index in [-0.39, 0.29) is 24.8 Å². The largest absolute Gasteiger partial charge is 0.383 e. The quantitative estimate of drug-likeness (QED) is 0.808. The summed E-state index contributed by atoms with van der Waals surface area (Å²) in [5.74, 6) is 0. The number of hydrogen-bond acceptors (Lipinski definition) is 3. The average Bonchev–Trinajstić information content (AvgIpc) is 2.09. The minimum Gasteiger partial charge on any atom is -0.383 e. The van der Waals surface area contributed by atoms with E-state index in [9.17, 15) is 0 Å². The Hall–Kier alpha value is 0.460. The van der Waals surface area contributed by atoms with Crippen LogP contribution in [-0.4, -0.2) is 31.8 Å². The highest BCUT2D eigenvalue weighted by atomic mass is 35.5. The highest BCUT2D eigenvalue weighted by Crippen LogP contribution is 2.17. The van der Waals surface area contributed by atoms with E-state index in [1.54, 1.807) is 7.11 Å². The van der Waals surface area contributed by atoms with Gasteiger partial charge in [0, 0.05) is 25.2 Å². The topological polar surface area (TPSA) is 47.3 Å². The number of methoxy groups -OCH3 is 1. The maximum absolute atomic E-state index is 5.83. The summed E-state index contributed by atoms with van der Waals surface area (Å²) in [5, 5.41) is 3.56. The van der Waals surface area contributed by atoms with Crippen molar-refractivity contribution in [3.8, 4) is 0 Å². The van der Waals surface area contributed by atoms with Gasteiger partial charge in [-0.25, -0.2) is 0 Å². The first-order valence-electron chi connectivity index (χ1n) is 5.23. The second kappa shape index (κ2) is 9.67. The van der Waals surface area contributed by atoms with E-state index < -0.39 is 0 Å². The van der Waals surface area contributed by atoms with Gasteiger partial charge in [0.15, 0.2) is 0 Å². The zero-order chi connectivity index (χ0) is 9.68. The molecule has 0 aromatic rings. The van der Waals surface area contributed by atoms with Crippen molar-refractivity contribution in [1.29, 1.82) is 0 Å². The molecule has 0 saturated heterocycles. The van der Waals surface area contributed by atoms with Crippen molar-refractivity contribution in [3.63, 3.8) is 0 Å². The van der Waals surface area contributed by atoms with Gasteiger partial charge in [-0.05, 0) is 32.6 Å². The molecule has 5 heteroatoms. The maximum Gasteiger partial charge on any atom is 0.0613 e. The van der Waals surface area contributed by atoms with Crippen LogP contribution in [0.2, 0.25) is 0 Å². The van der Waals surface area contributed by atoms with Gasteiger partial charge in [0.1, 0.15) is 0 Å². The van der Waals surface area contributed by atoms with Gasteiger partial charge < -0.3 is 15.8 Å². The minimum atomic E-state index is 0. The maximum atomic E-state index is 5.83. The Kier molecular flexibility index (Phi) is 11.5. The lowest BCUT2D eigenvalue weighted by molar-refractivity contribution is 0.161. The van der Waals surface area contributed by atoms with E-state index in [1.165, 1.54) is 12.8 Å². The zero-order valence-corrected chi connectivity index (χ0v) is 11.2. The van der Waals surface area contributed by atoms with Gasteiger partial charge in [0.05, 0.1) is 6.61 Å². The van der Waals surface area contributed by atoms with Gasteiger partial charge in [0.25, 0.3) is 0 Å². The molecule has 94 valence electrons. The van der Waals surface area contributed by atoms with Crippen molar-refractivity contribution < 1.29 is 4.74 Å². The Morgan fingerprint density at radius 2 is 1.80 bits per heavy atom. The molecule has 1 rings (SSSR count). The van der Waals surface area contributed by atoms with Crippen molar-refractivity contribution in [2.75, 3.05) is 13.7 Å². The van der Waals surface area contributed by atoms with E-state index in [2.05, 4.69) is 12.2 Å². The van der Waals surface area contributed by atoms with Crippen molar-refractivity contribution in [3.05, 3.63) is 0 Å². The molecular formula is C10H24Cl2N2O. The molecule has 3 nitrogen and oxygen atoms in total. The monoisotopic (exact) mass is 258 g/mol. The Labute approximate surface area is 105 Å². The average molecular weight is 259 g/mol. The summed E-state index contributed by atoms with van der Waals surface area (Å²) in [5.41, 5.74) is 5.83. The fraction of sp³-hybridized carbons (Fsp3) is 1.00. The predicted molar refractivity (Wildman–Crippen MR) is 69.2 cm³/mol. The van der Waals surface area contributed by atoms with E-state index in [1.807, 2.05) is 0 Å². The molecule has 0 radical (unpaired) electrons. The Bertz CT molecular complexity index is 141. The summed E-state index contributed by atoms with van der Waals surface area (Å²) in [6.45, 7) is 2.96. The fourth-order valence-corrected chi connectivity index (χ4v) is 1.99. The highest BCUT2D eigenvalue weighted by Gasteiger charge is 2.19. The molecule has 0 aliphatic heterocycles. The first-order valence-corrected chi connectivity index (χ1v) is 5.23. The predicted octanol–water partition coefficient (Wildman–Crippen LogP) is 1.72. The smallest absolute Gasteiger partial charge is 0.0613 e. The molecular weight excluding hydrogens is 235 g/mol. The summed E-state index contributed by atoms with van der Waals surface area (Å²) in [4.78, 5) is 0. The molecule has 0 heterocycles. The van der Waals surface area contributed by atoms with E-state index in [0.29, 0.717) is 18.1 Å². The lowest BCUT2D eigenvalue weighted by Crippen LogP contribution is -2.43. The van der Waals surface area contributed by atoms with Crippen molar-refractivity contribution in [2.24, 2.45) is 5.73 Å². The lowest BCUT2D eigenvalue weighted by Gasteiger charge is -2.29. The van der Waals surface area contributed by atoms with Crippen LogP contribution in [0.4, 0.5) is 0 Å². The number of halogens is 2. The van der Waals surface area contributed by atoms with Crippen molar-refractivity contribution >= 4 is 24.8 Å².